The van der Waals surface area contributed by atoms with Gasteiger partial charge in [0.15, 0.2) is 0 Å². The first-order chi connectivity index (χ1) is 13.7. The lowest BCUT2D eigenvalue weighted by Gasteiger charge is -2.33. The Morgan fingerprint density at radius 3 is 2.52 bits per heavy atom. The van der Waals surface area contributed by atoms with E-state index in [1.807, 2.05) is 0 Å². The third-order valence-electron chi connectivity index (χ3n) is 5.03. The molecule has 0 spiro atoms. The maximum Gasteiger partial charge on any atom is 0.244 e. The lowest BCUT2D eigenvalue weighted by Crippen LogP contribution is -2.46. The standard InChI is InChI=1S/C20H22Cl2N2O4S/c1-23(16-6-8-17(28-2)9-7-16)20(25)14-4-3-11-24(13-14)29(26,27)19-12-15(21)5-10-18(19)22/h5-10,12,14H,3-4,11,13H2,1-2H3/t14-/m1/s1. The Labute approximate surface area is 181 Å². The van der Waals surface area contributed by atoms with Crippen LogP contribution in [0.5, 0.6) is 5.75 Å². The fourth-order valence-electron chi connectivity index (χ4n) is 3.38. The van der Waals surface area contributed by atoms with Crippen molar-refractivity contribution in [2.75, 3.05) is 32.1 Å². The Balaban J connectivity index is 1.78. The van der Waals surface area contributed by atoms with Gasteiger partial charge in [0.2, 0.25) is 15.9 Å². The fraction of sp³-hybridized carbons (Fsp3) is 0.350. The first-order valence-electron chi connectivity index (χ1n) is 9.11. The summed E-state index contributed by atoms with van der Waals surface area (Å²) in [5, 5.41) is 0.398. The third-order valence-corrected chi connectivity index (χ3v) is 7.62. The van der Waals surface area contributed by atoms with E-state index < -0.39 is 15.9 Å². The van der Waals surface area contributed by atoms with E-state index in [1.165, 1.54) is 22.5 Å². The number of ether oxygens (including phenoxy) is 1. The molecule has 1 amide bonds. The van der Waals surface area contributed by atoms with Crippen LogP contribution in [0.2, 0.25) is 10.0 Å². The molecule has 1 atom stereocenters. The zero-order valence-corrected chi connectivity index (χ0v) is 18.5. The Bertz CT molecular complexity index is 996. The average Bonchev–Trinajstić information content (AvgIpc) is 2.74. The average molecular weight is 457 g/mol. The zero-order valence-electron chi connectivity index (χ0n) is 16.1. The van der Waals surface area contributed by atoms with Crippen LogP contribution in [0.15, 0.2) is 47.4 Å². The second-order valence-electron chi connectivity index (χ2n) is 6.87. The summed E-state index contributed by atoms with van der Waals surface area (Å²) in [6, 6.07) is 11.5. The van der Waals surface area contributed by atoms with E-state index in [-0.39, 0.29) is 27.4 Å². The second kappa shape index (κ2) is 8.92. The number of carbonyl (C=O) groups excluding carboxylic acids is 1. The molecule has 29 heavy (non-hydrogen) atoms. The van der Waals surface area contributed by atoms with E-state index in [1.54, 1.807) is 43.3 Å². The molecule has 1 aliphatic heterocycles. The summed E-state index contributed by atoms with van der Waals surface area (Å²) in [5.74, 6) is 0.124. The van der Waals surface area contributed by atoms with Crippen LogP contribution < -0.4 is 9.64 Å². The predicted octanol–water partition coefficient (Wildman–Crippen LogP) is 4.07. The van der Waals surface area contributed by atoms with Crippen molar-refractivity contribution >= 4 is 44.8 Å². The maximum absolute atomic E-state index is 13.1. The number of rotatable bonds is 5. The molecule has 0 N–H and O–H groups in total. The predicted molar refractivity (Wildman–Crippen MR) is 114 cm³/mol. The summed E-state index contributed by atoms with van der Waals surface area (Å²) in [5.41, 5.74) is 0.716. The molecular formula is C20H22Cl2N2O4S. The van der Waals surface area contributed by atoms with Crippen molar-refractivity contribution in [3.8, 4) is 5.75 Å². The van der Waals surface area contributed by atoms with Crippen molar-refractivity contribution in [2.24, 2.45) is 5.92 Å². The molecule has 6 nitrogen and oxygen atoms in total. The van der Waals surface area contributed by atoms with Gasteiger partial charge in [-0.3, -0.25) is 4.79 Å². The molecule has 0 bridgehead atoms. The Morgan fingerprint density at radius 1 is 1.17 bits per heavy atom. The summed E-state index contributed by atoms with van der Waals surface area (Å²) in [7, 11) is -0.589. The van der Waals surface area contributed by atoms with Crippen LogP contribution in [0.4, 0.5) is 5.69 Å². The Kier molecular flexibility index (Phi) is 6.73. The monoisotopic (exact) mass is 456 g/mol. The minimum absolute atomic E-state index is 0.0386. The van der Waals surface area contributed by atoms with Crippen LogP contribution in [0.1, 0.15) is 12.8 Å². The molecule has 3 rings (SSSR count). The van der Waals surface area contributed by atoms with Crippen molar-refractivity contribution in [1.82, 2.24) is 4.31 Å². The number of methoxy groups -OCH3 is 1. The highest BCUT2D eigenvalue weighted by Crippen LogP contribution is 2.31. The number of anilines is 1. The fourth-order valence-corrected chi connectivity index (χ4v) is 5.64. The van der Waals surface area contributed by atoms with Gasteiger partial charge in [-0.15, -0.1) is 0 Å². The molecule has 2 aromatic carbocycles. The van der Waals surface area contributed by atoms with Gasteiger partial charge in [0.05, 0.1) is 18.1 Å². The van der Waals surface area contributed by atoms with Crippen LogP contribution in [-0.2, 0) is 14.8 Å². The normalized spacial score (nSPS) is 17.7. The van der Waals surface area contributed by atoms with E-state index in [9.17, 15) is 13.2 Å². The molecule has 156 valence electrons. The van der Waals surface area contributed by atoms with E-state index in [0.717, 1.165) is 0 Å². The molecule has 1 saturated heterocycles. The number of amides is 1. The van der Waals surface area contributed by atoms with Gasteiger partial charge in [-0.05, 0) is 55.3 Å². The lowest BCUT2D eigenvalue weighted by molar-refractivity contribution is -0.123. The Morgan fingerprint density at radius 2 is 1.86 bits per heavy atom. The van der Waals surface area contributed by atoms with Crippen molar-refractivity contribution < 1.29 is 17.9 Å². The van der Waals surface area contributed by atoms with Crippen LogP contribution in [0.3, 0.4) is 0 Å². The van der Waals surface area contributed by atoms with Crippen LogP contribution in [0, 0.1) is 5.92 Å². The van der Waals surface area contributed by atoms with Gasteiger partial charge in [-0.2, -0.15) is 4.31 Å². The van der Waals surface area contributed by atoms with Crippen LogP contribution >= 0.6 is 23.2 Å². The van der Waals surface area contributed by atoms with Gasteiger partial charge < -0.3 is 9.64 Å². The van der Waals surface area contributed by atoms with E-state index in [0.29, 0.717) is 30.8 Å². The summed E-state index contributed by atoms with van der Waals surface area (Å²) >= 11 is 12.1. The number of hydrogen-bond acceptors (Lipinski definition) is 4. The van der Waals surface area contributed by atoms with Crippen molar-refractivity contribution in [1.29, 1.82) is 0 Å². The molecule has 1 aliphatic rings. The highest BCUT2D eigenvalue weighted by atomic mass is 35.5. The molecule has 0 saturated carbocycles. The maximum atomic E-state index is 13.1. The van der Waals surface area contributed by atoms with Crippen LogP contribution in [0.25, 0.3) is 0 Å². The minimum atomic E-state index is -3.85. The summed E-state index contributed by atoms with van der Waals surface area (Å²) < 4.78 is 32.6. The van der Waals surface area contributed by atoms with Gasteiger partial charge in [0, 0.05) is 30.8 Å². The van der Waals surface area contributed by atoms with Gasteiger partial charge in [0.25, 0.3) is 0 Å². The molecule has 9 heteroatoms. The first-order valence-corrected chi connectivity index (χ1v) is 11.3. The Hall–Kier alpha value is -1.80. The topological polar surface area (TPSA) is 66.9 Å². The summed E-state index contributed by atoms with van der Waals surface area (Å²) in [6.07, 6.45) is 1.21. The molecule has 0 unspecified atom stereocenters. The lowest BCUT2D eigenvalue weighted by atomic mass is 9.98. The first kappa shape index (κ1) is 21.9. The number of piperidine rings is 1. The van der Waals surface area contributed by atoms with Gasteiger partial charge >= 0.3 is 0 Å². The molecule has 1 heterocycles. The van der Waals surface area contributed by atoms with Gasteiger partial charge in [0.1, 0.15) is 10.6 Å². The molecule has 0 aromatic heterocycles. The number of sulfonamides is 1. The van der Waals surface area contributed by atoms with Crippen molar-refractivity contribution in [3.63, 3.8) is 0 Å². The molecule has 1 fully saturated rings. The van der Waals surface area contributed by atoms with E-state index >= 15 is 0 Å². The SMILES string of the molecule is COc1ccc(N(C)C(=O)[C@@H]2CCCN(S(=O)(=O)c3cc(Cl)ccc3Cl)C2)cc1. The quantitative estimate of drug-likeness (QED) is 0.679. The number of hydrogen-bond donors (Lipinski definition) is 0. The number of benzene rings is 2. The highest BCUT2D eigenvalue weighted by Gasteiger charge is 2.35. The number of nitrogens with zero attached hydrogens (tertiary/aromatic N) is 2. The van der Waals surface area contributed by atoms with Crippen molar-refractivity contribution in [3.05, 3.63) is 52.5 Å². The summed E-state index contributed by atoms with van der Waals surface area (Å²) in [4.78, 5) is 14.5. The largest absolute Gasteiger partial charge is 0.497 e. The smallest absolute Gasteiger partial charge is 0.244 e. The molecular weight excluding hydrogens is 435 g/mol. The number of halogens is 2. The van der Waals surface area contributed by atoms with Crippen LogP contribution in [-0.4, -0.2) is 45.9 Å². The molecule has 0 aliphatic carbocycles. The van der Waals surface area contributed by atoms with E-state index in [4.69, 9.17) is 27.9 Å². The third kappa shape index (κ3) is 4.69. The van der Waals surface area contributed by atoms with Gasteiger partial charge in [-0.25, -0.2) is 8.42 Å². The van der Waals surface area contributed by atoms with Gasteiger partial charge in [-0.1, -0.05) is 23.2 Å². The van der Waals surface area contributed by atoms with Crippen molar-refractivity contribution in [2.45, 2.75) is 17.7 Å². The minimum Gasteiger partial charge on any atom is -0.497 e. The zero-order chi connectivity index (χ0) is 21.2. The summed E-state index contributed by atoms with van der Waals surface area (Å²) in [6.45, 7) is 0.436. The molecule has 0 radical (unpaired) electrons. The highest BCUT2D eigenvalue weighted by molar-refractivity contribution is 7.89. The second-order valence-corrected chi connectivity index (χ2v) is 9.62. The van der Waals surface area contributed by atoms with E-state index in [2.05, 4.69) is 0 Å². The molecule has 2 aromatic rings. The number of carbonyl (C=O) groups is 1.